The van der Waals surface area contributed by atoms with Gasteiger partial charge >= 0.3 is 0 Å². The summed E-state index contributed by atoms with van der Waals surface area (Å²) in [6.45, 7) is 4.17. The summed E-state index contributed by atoms with van der Waals surface area (Å²) >= 11 is 0. The molecule has 1 N–H and O–H groups in total. The standard InChI is InChI=1S/C16H23NO/c1-2-13-3-5-14(6-4-13)7-8-16(18)15-9-11-17-12-10-15/h3-6,15,17H,2,7-12H2,1H3. The van der Waals surface area contributed by atoms with Crippen molar-refractivity contribution in [1.29, 1.82) is 0 Å². The van der Waals surface area contributed by atoms with Crippen LogP contribution in [-0.2, 0) is 17.6 Å². The van der Waals surface area contributed by atoms with Crippen LogP contribution in [0, 0.1) is 5.92 Å². The first-order chi connectivity index (χ1) is 8.79. The largest absolute Gasteiger partial charge is 0.317 e. The van der Waals surface area contributed by atoms with E-state index < -0.39 is 0 Å². The van der Waals surface area contributed by atoms with Gasteiger partial charge in [-0.3, -0.25) is 4.79 Å². The number of aryl methyl sites for hydroxylation is 2. The van der Waals surface area contributed by atoms with Gasteiger partial charge in [0.05, 0.1) is 0 Å². The summed E-state index contributed by atoms with van der Waals surface area (Å²) in [5.74, 6) is 0.761. The first-order valence-corrected chi connectivity index (χ1v) is 7.11. The molecular weight excluding hydrogens is 222 g/mol. The maximum Gasteiger partial charge on any atom is 0.136 e. The Morgan fingerprint density at radius 1 is 1.17 bits per heavy atom. The molecule has 0 saturated carbocycles. The number of ketones is 1. The number of Topliss-reactive ketones (excluding diaryl/α,β-unsaturated/α-hetero) is 1. The zero-order valence-corrected chi connectivity index (χ0v) is 11.2. The van der Waals surface area contributed by atoms with E-state index in [1.165, 1.54) is 11.1 Å². The van der Waals surface area contributed by atoms with Crippen LogP contribution in [0.25, 0.3) is 0 Å². The maximum atomic E-state index is 12.1. The smallest absolute Gasteiger partial charge is 0.136 e. The van der Waals surface area contributed by atoms with Gasteiger partial charge in [0, 0.05) is 12.3 Å². The van der Waals surface area contributed by atoms with Gasteiger partial charge in [0.2, 0.25) is 0 Å². The van der Waals surface area contributed by atoms with Gasteiger partial charge in [0.15, 0.2) is 0 Å². The van der Waals surface area contributed by atoms with Gasteiger partial charge in [0.1, 0.15) is 5.78 Å². The van der Waals surface area contributed by atoms with Gasteiger partial charge < -0.3 is 5.32 Å². The van der Waals surface area contributed by atoms with Crippen LogP contribution in [0.15, 0.2) is 24.3 Å². The minimum atomic E-state index is 0.307. The number of nitrogens with one attached hydrogen (secondary N) is 1. The van der Waals surface area contributed by atoms with Gasteiger partial charge in [-0.25, -0.2) is 0 Å². The van der Waals surface area contributed by atoms with E-state index in [9.17, 15) is 4.79 Å². The SMILES string of the molecule is CCc1ccc(CCC(=O)C2CCNCC2)cc1. The van der Waals surface area contributed by atoms with Crippen LogP contribution in [0.2, 0.25) is 0 Å². The Morgan fingerprint density at radius 3 is 2.39 bits per heavy atom. The van der Waals surface area contributed by atoms with E-state index in [2.05, 4.69) is 36.5 Å². The minimum absolute atomic E-state index is 0.307. The van der Waals surface area contributed by atoms with Crippen molar-refractivity contribution in [2.24, 2.45) is 5.92 Å². The number of carbonyl (C=O) groups excluding carboxylic acids is 1. The second-order valence-electron chi connectivity index (χ2n) is 5.16. The third-order valence-electron chi connectivity index (χ3n) is 3.89. The number of hydrogen-bond acceptors (Lipinski definition) is 2. The van der Waals surface area contributed by atoms with E-state index in [1.54, 1.807) is 0 Å². The van der Waals surface area contributed by atoms with E-state index in [1.807, 2.05) is 0 Å². The minimum Gasteiger partial charge on any atom is -0.317 e. The van der Waals surface area contributed by atoms with Gasteiger partial charge in [-0.15, -0.1) is 0 Å². The first-order valence-electron chi connectivity index (χ1n) is 7.11. The Bertz CT molecular complexity index is 377. The predicted molar refractivity (Wildman–Crippen MR) is 74.7 cm³/mol. The molecule has 1 aliphatic rings. The molecule has 98 valence electrons. The van der Waals surface area contributed by atoms with Crippen molar-refractivity contribution in [3.05, 3.63) is 35.4 Å². The van der Waals surface area contributed by atoms with Crippen molar-refractivity contribution in [3.63, 3.8) is 0 Å². The number of benzene rings is 1. The number of piperidine rings is 1. The summed E-state index contributed by atoms with van der Waals surface area (Å²) in [4.78, 5) is 12.1. The predicted octanol–water partition coefficient (Wildman–Crippen LogP) is 2.75. The summed E-state index contributed by atoms with van der Waals surface area (Å²) < 4.78 is 0. The monoisotopic (exact) mass is 245 g/mol. The van der Waals surface area contributed by atoms with Crippen LogP contribution < -0.4 is 5.32 Å². The molecule has 1 saturated heterocycles. The van der Waals surface area contributed by atoms with E-state index in [-0.39, 0.29) is 0 Å². The van der Waals surface area contributed by atoms with Crippen molar-refractivity contribution < 1.29 is 4.79 Å². The van der Waals surface area contributed by atoms with E-state index in [0.717, 1.165) is 38.8 Å². The number of hydrogen-bond donors (Lipinski definition) is 1. The van der Waals surface area contributed by atoms with Crippen LogP contribution in [0.5, 0.6) is 0 Å². The lowest BCUT2D eigenvalue weighted by atomic mass is 9.90. The highest BCUT2D eigenvalue weighted by Crippen LogP contribution is 2.16. The average molecular weight is 245 g/mol. The van der Waals surface area contributed by atoms with Crippen molar-refractivity contribution in [2.45, 2.75) is 39.0 Å². The molecule has 0 radical (unpaired) electrons. The zero-order valence-electron chi connectivity index (χ0n) is 11.2. The highest BCUT2D eigenvalue weighted by atomic mass is 16.1. The topological polar surface area (TPSA) is 29.1 Å². The summed E-state index contributed by atoms with van der Waals surface area (Å²) in [6.07, 6.45) is 4.72. The van der Waals surface area contributed by atoms with Crippen LogP contribution in [0.4, 0.5) is 0 Å². The molecule has 1 fully saturated rings. The van der Waals surface area contributed by atoms with Gasteiger partial charge in [-0.1, -0.05) is 31.2 Å². The number of rotatable bonds is 5. The Hall–Kier alpha value is -1.15. The molecule has 1 heterocycles. The maximum absolute atomic E-state index is 12.1. The van der Waals surface area contributed by atoms with Crippen molar-refractivity contribution in [1.82, 2.24) is 5.32 Å². The normalized spacial score (nSPS) is 16.7. The van der Waals surface area contributed by atoms with Crippen LogP contribution >= 0.6 is 0 Å². The van der Waals surface area contributed by atoms with Gasteiger partial charge in [-0.05, 0) is 49.9 Å². The molecule has 0 amide bonds. The third-order valence-corrected chi connectivity index (χ3v) is 3.89. The molecule has 0 bridgehead atoms. The zero-order chi connectivity index (χ0) is 12.8. The first kappa shape index (κ1) is 13.3. The van der Waals surface area contributed by atoms with Crippen LogP contribution in [-0.4, -0.2) is 18.9 Å². The Kier molecular flexibility index (Phi) is 4.94. The molecular formula is C16H23NO. The molecule has 18 heavy (non-hydrogen) atoms. The molecule has 0 spiro atoms. The second-order valence-corrected chi connectivity index (χ2v) is 5.16. The Morgan fingerprint density at radius 2 is 1.78 bits per heavy atom. The summed E-state index contributed by atoms with van der Waals surface area (Å²) in [5, 5.41) is 3.30. The molecule has 1 aromatic carbocycles. The molecule has 0 atom stereocenters. The van der Waals surface area contributed by atoms with Crippen molar-refractivity contribution >= 4 is 5.78 Å². The molecule has 2 rings (SSSR count). The summed E-state index contributed by atoms with van der Waals surface area (Å²) in [7, 11) is 0. The van der Waals surface area contributed by atoms with E-state index >= 15 is 0 Å². The van der Waals surface area contributed by atoms with Crippen molar-refractivity contribution in [3.8, 4) is 0 Å². The lowest BCUT2D eigenvalue weighted by Crippen LogP contribution is -2.31. The molecule has 2 heteroatoms. The molecule has 0 aromatic heterocycles. The van der Waals surface area contributed by atoms with E-state index in [4.69, 9.17) is 0 Å². The second kappa shape index (κ2) is 6.69. The summed E-state index contributed by atoms with van der Waals surface area (Å²) in [6, 6.07) is 8.66. The molecule has 0 aliphatic carbocycles. The Labute approximate surface area is 110 Å². The third kappa shape index (κ3) is 3.67. The molecule has 2 nitrogen and oxygen atoms in total. The lowest BCUT2D eigenvalue weighted by molar-refractivity contribution is -0.123. The quantitative estimate of drug-likeness (QED) is 0.864. The van der Waals surface area contributed by atoms with Crippen LogP contribution in [0.3, 0.4) is 0 Å². The highest BCUT2D eigenvalue weighted by Gasteiger charge is 2.20. The number of carbonyl (C=O) groups is 1. The fourth-order valence-corrected chi connectivity index (χ4v) is 2.56. The fourth-order valence-electron chi connectivity index (χ4n) is 2.56. The summed E-state index contributed by atoms with van der Waals surface area (Å²) in [5.41, 5.74) is 2.65. The molecule has 1 aliphatic heterocycles. The average Bonchev–Trinajstić information content (AvgIpc) is 2.46. The van der Waals surface area contributed by atoms with Crippen molar-refractivity contribution in [2.75, 3.05) is 13.1 Å². The van der Waals surface area contributed by atoms with E-state index in [0.29, 0.717) is 18.1 Å². The lowest BCUT2D eigenvalue weighted by Gasteiger charge is -2.21. The van der Waals surface area contributed by atoms with Gasteiger partial charge in [0.25, 0.3) is 0 Å². The van der Waals surface area contributed by atoms with Crippen LogP contribution in [0.1, 0.15) is 37.3 Å². The molecule has 0 unspecified atom stereocenters. The Balaban J connectivity index is 1.80. The highest BCUT2D eigenvalue weighted by molar-refractivity contribution is 5.81. The van der Waals surface area contributed by atoms with Gasteiger partial charge in [-0.2, -0.15) is 0 Å². The fraction of sp³-hybridized carbons (Fsp3) is 0.562. The molecule has 1 aromatic rings.